The van der Waals surface area contributed by atoms with Crippen LogP contribution in [0.5, 0.6) is 0 Å². The first-order chi connectivity index (χ1) is 5.74. The highest BCUT2D eigenvalue weighted by Gasteiger charge is 1.94. The third-order valence-corrected chi connectivity index (χ3v) is 1.47. The number of carbonyl (C=O) groups is 1. The Kier molecular flexibility index (Phi) is 2.63. The monoisotopic (exact) mass is 165 g/mol. The van der Waals surface area contributed by atoms with Gasteiger partial charge < -0.3 is 5.73 Å². The van der Waals surface area contributed by atoms with Gasteiger partial charge in [0.1, 0.15) is 0 Å². The number of hydrogen-bond acceptors (Lipinski definition) is 2. The van der Waals surface area contributed by atoms with Crippen LogP contribution in [0.25, 0.3) is 6.08 Å². The Bertz CT molecular complexity index is 301. The Hall–Kier alpha value is -1.58. The summed E-state index contributed by atoms with van der Waals surface area (Å²) in [5.74, 6) is -0.446. The van der Waals surface area contributed by atoms with Crippen molar-refractivity contribution in [2.45, 2.75) is 13.5 Å². The average Bonchev–Trinajstić information content (AvgIpc) is 2.47. The number of rotatable bonds is 3. The third kappa shape index (κ3) is 1.95. The number of nitrogens with zero attached hydrogens (tertiary/aromatic N) is 2. The molecular weight excluding hydrogens is 154 g/mol. The lowest BCUT2D eigenvalue weighted by Gasteiger charge is -1.97. The van der Waals surface area contributed by atoms with E-state index in [0.717, 1.165) is 12.2 Å². The predicted octanol–water partition coefficient (Wildman–Crippen LogP) is 0.402. The van der Waals surface area contributed by atoms with E-state index in [1.807, 2.05) is 13.0 Å². The van der Waals surface area contributed by atoms with Gasteiger partial charge in [0, 0.05) is 18.8 Å². The van der Waals surface area contributed by atoms with Crippen molar-refractivity contribution < 1.29 is 4.79 Å². The second-order valence-corrected chi connectivity index (χ2v) is 2.31. The van der Waals surface area contributed by atoms with E-state index in [0.29, 0.717) is 0 Å². The summed E-state index contributed by atoms with van der Waals surface area (Å²) in [5.41, 5.74) is 5.83. The van der Waals surface area contributed by atoms with Gasteiger partial charge in [-0.3, -0.25) is 9.48 Å². The van der Waals surface area contributed by atoms with Crippen molar-refractivity contribution in [3.63, 3.8) is 0 Å². The molecule has 12 heavy (non-hydrogen) atoms. The summed E-state index contributed by atoms with van der Waals surface area (Å²) in [6.07, 6.45) is 4.66. The molecule has 1 heterocycles. The lowest BCUT2D eigenvalue weighted by atomic mass is 10.3. The van der Waals surface area contributed by atoms with Gasteiger partial charge in [-0.15, -0.1) is 0 Å². The molecule has 1 aromatic heterocycles. The largest absolute Gasteiger partial charge is 0.366 e. The molecule has 0 saturated heterocycles. The van der Waals surface area contributed by atoms with Crippen LogP contribution in [0.2, 0.25) is 0 Å². The Morgan fingerprint density at radius 2 is 2.58 bits per heavy atom. The summed E-state index contributed by atoms with van der Waals surface area (Å²) < 4.78 is 1.78. The molecule has 0 aliphatic carbocycles. The lowest BCUT2D eigenvalue weighted by Crippen LogP contribution is -2.06. The minimum atomic E-state index is -0.446. The van der Waals surface area contributed by atoms with Gasteiger partial charge in [0.05, 0.1) is 5.69 Å². The Morgan fingerprint density at radius 3 is 3.17 bits per heavy atom. The van der Waals surface area contributed by atoms with E-state index in [4.69, 9.17) is 5.73 Å². The summed E-state index contributed by atoms with van der Waals surface area (Å²) in [5, 5.41) is 4.03. The number of carbonyl (C=O) groups excluding carboxylic acids is 1. The number of hydrogen-bond donors (Lipinski definition) is 1. The standard InChI is InChI=1S/C8H11N3O/c1-2-11-7(5-6-10-11)3-4-8(9)12/h3-6H,2H2,1H3,(H2,9,12)/b4-3-. The van der Waals surface area contributed by atoms with Crippen LogP contribution in [0, 0.1) is 0 Å². The first-order valence-corrected chi connectivity index (χ1v) is 3.73. The van der Waals surface area contributed by atoms with Crippen molar-refractivity contribution in [2.75, 3.05) is 0 Å². The van der Waals surface area contributed by atoms with Gasteiger partial charge in [-0.05, 0) is 19.1 Å². The molecule has 0 radical (unpaired) electrons. The molecule has 1 aromatic rings. The first kappa shape index (κ1) is 8.52. The third-order valence-electron chi connectivity index (χ3n) is 1.47. The molecule has 0 spiro atoms. The number of nitrogens with two attached hydrogens (primary N) is 1. The lowest BCUT2D eigenvalue weighted by molar-refractivity contribution is -0.113. The van der Waals surface area contributed by atoms with Crippen LogP contribution >= 0.6 is 0 Å². The van der Waals surface area contributed by atoms with Crippen LogP contribution < -0.4 is 5.73 Å². The molecule has 0 unspecified atom stereocenters. The predicted molar refractivity (Wildman–Crippen MR) is 46.1 cm³/mol. The van der Waals surface area contributed by atoms with E-state index in [1.54, 1.807) is 17.0 Å². The van der Waals surface area contributed by atoms with Gasteiger partial charge >= 0.3 is 0 Å². The number of primary amides is 1. The molecule has 0 bridgehead atoms. The van der Waals surface area contributed by atoms with E-state index < -0.39 is 5.91 Å². The van der Waals surface area contributed by atoms with E-state index in [9.17, 15) is 4.79 Å². The number of aryl methyl sites for hydroxylation is 1. The molecule has 4 nitrogen and oxygen atoms in total. The van der Waals surface area contributed by atoms with Crippen LogP contribution in [0.4, 0.5) is 0 Å². The molecule has 1 rings (SSSR count). The Balaban J connectivity index is 2.81. The molecule has 0 aromatic carbocycles. The van der Waals surface area contributed by atoms with Crippen molar-refractivity contribution in [2.24, 2.45) is 5.73 Å². The summed E-state index contributed by atoms with van der Waals surface area (Å²) in [6.45, 7) is 2.76. The molecule has 64 valence electrons. The van der Waals surface area contributed by atoms with Crippen LogP contribution in [0.15, 0.2) is 18.3 Å². The molecule has 4 heteroatoms. The van der Waals surface area contributed by atoms with Crippen molar-refractivity contribution in [1.82, 2.24) is 9.78 Å². The summed E-state index contributed by atoms with van der Waals surface area (Å²) in [7, 11) is 0. The maximum Gasteiger partial charge on any atom is 0.241 e. The molecule has 0 saturated carbocycles. The Labute approximate surface area is 70.7 Å². The number of amides is 1. The second kappa shape index (κ2) is 3.71. The van der Waals surface area contributed by atoms with Gasteiger partial charge in [0.15, 0.2) is 0 Å². The molecule has 2 N–H and O–H groups in total. The van der Waals surface area contributed by atoms with E-state index >= 15 is 0 Å². The fourth-order valence-corrected chi connectivity index (χ4v) is 0.916. The highest BCUT2D eigenvalue weighted by molar-refractivity contribution is 5.89. The van der Waals surface area contributed by atoms with Crippen molar-refractivity contribution in [3.8, 4) is 0 Å². The maximum absolute atomic E-state index is 10.4. The topological polar surface area (TPSA) is 60.9 Å². The van der Waals surface area contributed by atoms with Gasteiger partial charge in [-0.25, -0.2) is 0 Å². The molecule has 1 amide bonds. The highest BCUT2D eigenvalue weighted by atomic mass is 16.1. The smallest absolute Gasteiger partial charge is 0.241 e. The van der Waals surface area contributed by atoms with Gasteiger partial charge in [0.25, 0.3) is 0 Å². The van der Waals surface area contributed by atoms with Crippen LogP contribution in [0.3, 0.4) is 0 Å². The van der Waals surface area contributed by atoms with Gasteiger partial charge in [0.2, 0.25) is 5.91 Å². The first-order valence-electron chi connectivity index (χ1n) is 3.73. The zero-order chi connectivity index (χ0) is 8.97. The minimum Gasteiger partial charge on any atom is -0.366 e. The highest BCUT2D eigenvalue weighted by Crippen LogP contribution is 2.00. The van der Waals surface area contributed by atoms with Gasteiger partial charge in [-0.1, -0.05) is 0 Å². The van der Waals surface area contributed by atoms with Crippen molar-refractivity contribution in [1.29, 1.82) is 0 Å². The van der Waals surface area contributed by atoms with E-state index in [2.05, 4.69) is 5.10 Å². The molecule has 0 fully saturated rings. The van der Waals surface area contributed by atoms with Gasteiger partial charge in [-0.2, -0.15) is 5.10 Å². The maximum atomic E-state index is 10.4. The van der Waals surface area contributed by atoms with Crippen molar-refractivity contribution in [3.05, 3.63) is 24.0 Å². The van der Waals surface area contributed by atoms with Crippen molar-refractivity contribution >= 4 is 12.0 Å². The fourth-order valence-electron chi connectivity index (χ4n) is 0.916. The molecular formula is C8H11N3O. The Morgan fingerprint density at radius 1 is 1.83 bits per heavy atom. The summed E-state index contributed by atoms with van der Waals surface area (Å²) in [6, 6.07) is 1.82. The average molecular weight is 165 g/mol. The fraction of sp³-hybridized carbons (Fsp3) is 0.250. The summed E-state index contributed by atoms with van der Waals surface area (Å²) >= 11 is 0. The van der Waals surface area contributed by atoms with Crippen LogP contribution in [-0.2, 0) is 11.3 Å². The molecule has 0 aliphatic heterocycles. The minimum absolute atomic E-state index is 0.446. The van der Waals surface area contributed by atoms with Crippen LogP contribution in [0.1, 0.15) is 12.6 Å². The van der Waals surface area contributed by atoms with E-state index in [1.165, 1.54) is 6.08 Å². The van der Waals surface area contributed by atoms with E-state index in [-0.39, 0.29) is 0 Å². The SMILES string of the molecule is CCn1nccc1/C=C\C(N)=O. The number of aromatic nitrogens is 2. The van der Waals surface area contributed by atoms with Crippen LogP contribution in [-0.4, -0.2) is 15.7 Å². The molecule has 0 aliphatic rings. The second-order valence-electron chi connectivity index (χ2n) is 2.31. The summed E-state index contributed by atoms with van der Waals surface area (Å²) in [4.78, 5) is 10.4. The zero-order valence-electron chi connectivity index (χ0n) is 6.90. The normalized spacial score (nSPS) is 10.8. The molecule has 0 atom stereocenters. The quantitative estimate of drug-likeness (QED) is 0.659. The zero-order valence-corrected chi connectivity index (χ0v) is 6.90.